The van der Waals surface area contributed by atoms with Gasteiger partial charge in [-0.05, 0) is 29.7 Å². The molecule has 20 heavy (non-hydrogen) atoms. The van der Waals surface area contributed by atoms with E-state index in [-0.39, 0.29) is 5.41 Å². The Morgan fingerprint density at radius 3 is 2.65 bits per heavy atom. The van der Waals surface area contributed by atoms with E-state index < -0.39 is 0 Å². The molecule has 0 aliphatic heterocycles. The van der Waals surface area contributed by atoms with E-state index in [0.717, 1.165) is 29.1 Å². The molecule has 0 spiro atoms. The summed E-state index contributed by atoms with van der Waals surface area (Å²) < 4.78 is 0. The normalized spacial score (nSPS) is 13.4. The largest absolute Gasteiger partial charge is 0.369 e. The summed E-state index contributed by atoms with van der Waals surface area (Å²) in [4.78, 5) is 10.1. The van der Waals surface area contributed by atoms with Crippen molar-refractivity contribution in [3.63, 3.8) is 0 Å². The average Bonchev–Trinajstić information content (AvgIpc) is 2.83. The number of nitrogens with zero attached hydrogens (tertiary/aromatic N) is 2. The summed E-state index contributed by atoms with van der Waals surface area (Å²) in [5.41, 5.74) is 0.290. The Morgan fingerprint density at radius 2 is 2.00 bits per heavy atom. The molecule has 2 aromatic rings. The molecule has 1 unspecified atom stereocenters. The molecule has 0 aliphatic carbocycles. The summed E-state index contributed by atoms with van der Waals surface area (Å²) in [5, 5.41) is 9.86. The minimum Gasteiger partial charge on any atom is -0.369 e. The molecular formula is C15H24N4S. The second-order valence-electron chi connectivity index (χ2n) is 6.21. The Hall–Kier alpha value is -1.36. The third-order valence-electron chi connectivity index (χ3n) is 3.71. The molecule has 2 rings (SSSR count). The molecule has 0 fully saturated rings. The number of hydrogen-bond donors (Lipinski definition) is 2. The van der Waals surface area contributed by atoms with Gasteiger partial charge in [-0.1, -0.05) is 27.7 Å². The summed E-state index contributed by atoms with van der Waals surface area (Å²) in [6.45, 7) is 12.9. The van der Waals surface area contributed by atoms with E-state index in [1.807, 2.05) is 0 Å². The van der Waals surface area contributed by atoms with Crippen molar-refractivity contribution < 1.29 is 0 Å². The van der Waals surface area contributed by atoms with Gasteiger partial charge in [-0.15, -0.1) is 11.3 Å². The number of aromatic nitrogens is 2. The van der Waals surface area contributed by atoms with Crippen LogP contribution in [0.15, 0.2) is 11.4 Å². The fourth-order valence-corrected chi connectivity index (χ4v) is 2.55. The van der Waals surface area contributed by atoms with Crippen LogP contribution in [0.25, 0.3) is 10.2 Å². The Morgan fingerprint density at radius 1 is 1.25 bits per heavy atom. The quantitative estimate of drug-likeness (QED) is 0.866. The van der Waals surface area contributed by atoms with E-state index in [0.29, 0.717) is 11.9 Å². The maximum Gasteiger partial charge on any atom is 0.226 e. The molecule has 4 nitrogen and oxygen atoms in total. The van der Waals surface area contributed by atoms with Crippen LogP contribution in [-0.4, -0.2) is 23.1 Å². The highest BCUT2D eigenvalue weighted by molar-refractivity contribution is 7.16. The van der Waals surface area contributed by atoms with Crippen LogP contribution in [0.4, 0.5) is 11.8 Å². The molecule has 0 saturated carbocycles. The van der Waals surface area contributed by atoms with Crippen molar-refractivity contribution in [1.82, 2.24) is 9.97 Å². The van der Waals surface area contributed by atoms with Gasteiger partial charge >= 0.3 is 0 Å². The molecule has 0 aliphatic rings. The lowest BCUT2D eigenvalue weighted by Crippen LogP contribution is -2.25. The second kappa shape index (κ2) is 5.95. The molecule has 2 N–H and O–H groups in total. The van der Waals surface area contributed by atoms with E-state index >= 15 is 0 Å². The second-order valence-corrected chi connectivity index (χ2v) is 7.11. The fourth-order valence-electron chi connectivity index (χ4n) is 1.78. The predicted molar refractivity (Wildman–Crippen MR) is 88.7 cm³/mol. The van der Waals surface area contributed by atoms with Crippen LogP contribution in [0.2, 0.25) is 0 Å². The number of rotatable bonds is 5. The third kappa shape index (κ3) is 3.39. The van der Waals surface area contributed by atoms with Gasteiger partial charge in [0.05, 0.1) is 5.39 Å². The summed E-state index contributed by atoms with van der Waals surface area (Å²) in [6, 6.07) is 2.08. The van der Waals surface area contributed by atoms with Gasteiger partial charge in [-0.3, -0.25) is 0 Å². The van der Waals surface area contributed by atoms with E-state index in [9.17, 15) is 0 Å². The zero-order valence-electron chi connectivity index (χ0n) is 12.9. The molecule has 0 aromatic carbocycles. The van der Waals surface area contributed by atoms with Crippen LogP contribution in [0.3, 0.4) is 0 Å². The number of thiophene rings is 1. The van der Waals surface area contributed by atoms with Gasteiger partial charge in [0.15, 0.2) is 0 Å². The number of nitrogens with one attached hydrogen (secondary N) is 2. The van der Waals surface area contributed by atoms with Crippen LogP contribution in [0.5, 0.6) is 0 Å². The van der Waals surface area contributed by atoms with Gasteiger partial charge in [0.1, 0.15) is 10.6 Å². The first-order valence-electron chi connectivity index (χ1n) is 7.14. The first-order chi connectivity index (χ1) is 9.41. The molecule has 0 saturated heterocycles. The van der Waals surface area contributed by atoms with Gasteiger partial charge in [0, 0.05) is 13.1 Å². The van der Waals surface area contributed by atoms with Crippen molar-refractivity contribution in [2.75, 3.05) is 23.7 Å². The van der Waals surface area contributed by atoms with E-state index in [2.05, 4.69) is 66.7 Å². The summed E-state index contributed by atoms with van der Waals surface area (Å²) >= 11 is 1.65. The number of hydrogen-bond acceptors (Lipinski definition) is 5. The monoisotopic (exact) mass is 292 g/mol. The van der Waals surface area contributed by atoms with Crippen molar-refractivity contribution in [1.29, 1.82) is 0 Å². The van der Waals surface area contributed by atoms with E-state index in [1.54, 1.807) is 11.3 Å². The smallest absolute Gasteiger partial charge is 0.226 e. The SMILES string of the molecule is CCNc1nc(NCC(C)C(C)(C)C)c2ccsc2n1. The van der Waals surface area contributed by atoms with Crippen LogP contribution < -0.4 is 10.6 Å². The van der Waals surface area contributed by atoms with Crippen LogP contribution in [-0.2, 0) is 0 Å². The van der Waals surface area contributed by atoms with Crippen molar-refractivity contribution in [2.45, 2.75) is 34.6 Å². The molecule has 1 atom stereocenters. The highest BCUT2D eigenvalue weighted by atomic mass is 32.1. The average molecular weight is 292 g/mol. The van der Waals surface area contributed by atoms with Crippen molar-refractivity contribution in [3.05, 3.63) is 11.4 Å². The highest BCUT2D eigenvalue weighted by Crippen LogP contribution is 2.29. The lowest BCUT2D eigenvalue weighted by Gasteiger charge is -2.27. The zero-order valence-corrected chi connectivity index (χ0v) is 13.8. The maximum absolute atomic E-state index is 4.59. The van der Waals surface area contributed by atoms with Gasteiger partial charge in [-0.25, -0.2) is 4.98 Å². The predicted octanol–water partition coefficient (Wildman–Crippen LogP) is 4.22. The molecule has 110 valence electrons. The molecule has 0 amide bonds. The summed E-state index contributed by atoms with van der Waals surface area (Å²) in [5.74, 6) is 2.20. The molecule has 5 heteroatoms. The zero-order chi connectivity index (χ0) is 14.8. The minimum atomic E-state index is 0.290. The Labute approximate surface area is 125 Å². The number of fused-ring (bicyclic) bond motifs is 1. The molecule has 0 radical (unpaired) electrons. The molecule has 0 bridgehead atoms. The van der Waals surface area contributed by atoms with Crippen LogP contribution >= 0.6 is 11.3 Å². The number of anilines is 2. The van der Waals surface area contributed by atoms with Crippen molar-refractivity contribution >= 4 is 33.3 Å². The standard InChI is InChI=1S/C15H24N4S/c1-6-16-14-18-12(11-7-8-20-13(11)19-14)17-9-10(2)15(3,4)5/h7-8,10H,6,9H2,1-5H3,(H2,16,17,18,19). The Kier molecular flexibility index (Phi) is 4.48. The van der Waals surface area contributed by atoms with Gasteiger partial charge < -0.3 is 10.6 Å². The topological polar surface area (TPSA) is 49.8 Å². The van der Waals surface area contributed by atoms with E-state index in [4.69, 9.17) is 0 Å². The third-order valence-corrected chi connectivity index (χ3v) is 4.52. The Balaban J connectivity index is 2.21. The maximum atomic E-state index is 4.59. The Bertz CT molecular complexity index is 571. The van der Waals surface area contributed by atoms with E-state index in [1.165, 1.54) is 0 Å². The van der Waals surface area contributed by atoms with Crippen LogP contribution in [0.1, 0.15) is 34.6 Å². The minimum absolute atomic E-state index is 0.290. The molecular weight excluding hydrogens is 268 g/mol. The fraction of sp³-hybridized carbons (Fsp3) is 0.600. The first-order valence-corrected chi connectivity index (χ1v) is 8.02. The molecule has 2 heterocycles. The van der Waals surface area contributed by atoms with Crippen molar-refractivity contribution in [2.24, 2.45) is 11.3 Å². The highest BCUT2D eigenvalue weighted by Gasteiger charge is 2.20. The lowest BCUT2D eigenvalue weighted by atomic mass is 9.82. The molecule has 2 aromatic heterocycles. The van der Waals surface area contributed by atoms with Crippen LogP contribution in [0, 0.1) is 11.3 Å². The van der Waals surface area contributed by atoms with Gasteiger partial charge in [0.25, 0.3) is 0 Å². The summed E-state index contributed by atoms with van der Waals surface area (Å²) in [6.07, 6.45) is 0. The van der Waals surface area contributed by atoms with Gasteiger partial charge in [-0.2, -0.15) is 4.98 Å². The summed E-state index contributed by atoms with van der Waals surface area (Å²) in [7, 11) is 0. The first kappa shape index (κ1) is 15.0. The lowest BCUT2D eigenvalue weighted by molar-refractivity contribution is 0.274. The van der Waals surface area contributed by atoms with Crippen molar-refractivity contribution in [3.8, 4) is 0 Å². The van der Waals surface area contributed by atoms with Gasteiger partial charge in [0.2, 0.25) is 5.95 Å².